The molecule has 3 rings (SSSR count). The first-order valence-electron chi connectivity index (χ1n) is 9.12. The normalized spacial score (nSPS) is 14.2. The summed E-state index contributed by atoms with van der Waals surface area (Å²) >= 11 is 0. The Bertz CT molecular complexity index is 796. The van der Waals surface area contributed by atoms with Crippen LogP contribution in [0.4, 0.5) is 0 Å². The Morgan fingerprint density at radius 1 is 1.19 bits per heavy atom. The average molecular weight is 355 g/mol. The number of benzene rings is 1. The van der Waals surface area contributed by atoms with Crippen LogP contribution >= 0.6 is 0 Å². The number of fused-ring (bicyclic) bond motifs is 1. The van der Waals surface area contributed by atoms with Crippen LogP contribution in [-0.4, -0.2) is 34.3 Å². The van der Waals surface area contributed by atoms with Crippen molar-refractivity contribution in [3.63, 3.8) is 0 Å². The van der Waals surface area contributed by atoms with Crippen LogP contribution in [0.25, 0.3) is 5.69 Å². The van der Waals surface area contributed by atoms with Gasteiger partial charge in [0.2, 0.25) is 0 Å². The monoisotopic (exact) mass is 355 g/mol. The minimum atomic E-state index is -0.847. The first kappa shape index (κ1) is 18.2. The maximum atomic E-state index is 12.6. The molecule has 0 bridgehead atoms. The van der Waals surface area contributed by atoms with E-state index >= 15 is 0 Å². The molecule has 1 aliphatic carbocycles. The second kappa shape index (κ2) is 7.72. The van der Waals surface area contributed by atoms with Gasteiger partial charge in [0.15, 0.2) is 11.8 Å². The van der Waals surface area contributed by atoms with Crippen LogP contribution in [0, 0.1) is 5.92 Å². The van der Waals surface area contributed by atoms with Gasteiger partial charge in [0.1, 0.15) is 0 Å². The van der Waals surface area contributed by atoms with Crippen molar-refractivity contribution in [3.05, 3.63) is 47.3 Å². The number of nitrogens with zero attached hydrogens (tertiary/aromatic N) is 2. The van der Waals surface area contributed by atoms with Crippen molar-refractivity contribution in [1.82, 2.24) is 15.1 Å². The third-order valence-corrected chi connectivity index (χ3v) is 4.46. The summed E-state index contributed by atoms with van der Waals surface area (Å²) in [5.74, 6) is -0.483. The Morgan fingerprint density at radius 3 is 2.62 bits per heavy atom. The molecular formula is C20H25N3O3. The molecule has 0 fully saturated rings. The van der Waals surface area contributed by atoms with Crippen molar-refractivity contribution < 1.29 is 14.3 Å². The van der Waals surface area contributed by atoms with Crippen LogP contribution < -0.4 is 5.32 Å². The fraction of sp³-hybridized carbons (Fsp3) is 0.450. The molecule has 1 heterocycles. The van der Waals surface area contributed by atoms with E-state index in [9.17, 15) is 9.59 Å². The molecule has 1 aliphatic rings. The van der Waals surface area contributed by atoms with Gasteiger partial charge in [0.25, 0.3) is 5.91 Å². The van der Waals surface area contributed by atoms with Gasteiger partial charge in [-0.1, -0.05) is 32.0 Å². The highest BCUT2D eigenvalue weighted by Gasteiger charge is 2.29. The number of hydrogen-bond acceptors (Lipinski definition) is 4. The maximum absolute atomic E-state index is 12.6. The molecular weight excluding hydrogens is 330 g/mol. The Labute approximate surface area is 153 Å². The van der Waals surface area contributed by atoms with Crippen LogP contribution in [0.15, 0.2) is 30.3 Å². The summed E-state index contributed by atoms with van der Waals surface area (Å²) in [4.78, 5) is 24.7. The molecule has 2 aromatic rings. The number of esters is 1. The van der Waals surface area contributed by atoms with Gasteiger partial charge in [-0.25, -0.2) is 9.48 Å². The number of ether oxygens (including phenoxy) is 1. The van der Waals surface area contributed by atoms with Gasteiger partial charge in [-0.05, 0) is 44.2 Å². The van der Waals surface area contributed by atoms with E-state index in [1.807, 2.05) is 48.9 Å². The highest BCUT2D eigenvalue weighted by molar-refractivity contribution is 5.92. The van der Waals surface area contributed by atoms with Gasteiger partial charge in [-0.15, -0.1) is 0 Å². The maximum Gasteiger partial charge on any atom is 0.359 e. The lowest BCUT2D eigenvalue weighted by atomic mass is 10.2. The topological polar surface area (TPSA) is 73.2 Å². The van der Waals surface area contributed by atoms with Crippen molar-refractivity contribution in [2.75, 3.05) is 6.54 Å². The van der Waals surface area contributed by atoms with E-state index in [1.165, 1.54) is 0 Å². The van der Waals surface area contributed by atoms with Crippen LogP contribution in [-0.2, 0) is 22.4 Å². The lowest BCUT2D eigenvalue weighted by molar-refractivity contribution is -0.129. The van der Waals surface area contributed by atoms with Crippen LogP contribution in [0.5, 0.6) is 0 Å². The highest BCUT2D eigenvalue weighted by atomic mass is 16.5. The van der Waals surface area contributed by atoms with E-state index in [0.717, 1.165) is 36.2 Å². The standard InChI is InChI=1S/C20H25N3O3/c1-13(2)12-21-19(24)14(3)26-20(25)18-16-10-7-11-17(16)23(22-18)15-8-5-4-6-9-15/h4-6,8-9,13-14H,7,10-12H2,1-3H3,(H,21,24)/t14-/m1/s1. The molecule has 1 N–H and O–H groups in total. The molecule has 1 aromatic carbocycles. The number of carbonyl (C=O) groups excluding carboxylic acids is 2. The number of aromatic nitrogens is 2. The molecule has 138 valence electrons. The van der Waals surface area contributed by atoms with E-state index in [1.54, 1.807) is 6.92 Å². The van der Waals surface area contributed by atoms with Crippen LogP contribution in [0.1, 0.15) is 48.9 Å². The summed E-state index contributed by atoms with van der Waals surface area (Å²) in [6.07, 6.45) is 1.83. The zero-order valence-corrected chi connectivity index (χ0v) is 15.5. The van der Waals surface area contributed by atoms with Gasteiger partial charge in [-0.3, -0.25) is 4.79 Å². The number of amides is 1. The third-order valence-electron chi connectivity index (χ3n) is 4.46. The molecule has 0 saturated carbocycles. The SMILES string of the molecule is CC(C)CNC(=O)[C@@H](C)OC(=O)c1nn(-c2ccccc2)c2c1CCC2. The number of carbonyl (C=O) groups is 2. The fourth-order valence-electron chi connectivity index (χ4n) is 3.10. The van der Waals surface area contributed by atoms with E-state index in [2.05, 4.69) is 10.4 Å². The molecule has 26 heavy (non-hydrogen) atoms. The van der Waals surface area contributed by atoms with Gasteiger partial charge >= 0.3 is 5.97 Å². The molecule has 0 aliphatic heterocycles. The van der Waals surface area contributed by atoms with Crippen LogP contribution in [0.3, 0.4) is 0 Å². The molecule has 6 nitrogen and oxygen atoms in total. The predicted molar refractivity (Wildman–Crippen MR) is 98.3 cm³/mol. The summed E-state index contributed by atoms with van der Waals surface area (Å²) in [5.41, 5.74) is 3.24. The molecule has 1 aromatic heterocycles. The van der Waals surface area contributed by atoms with E-state index in [-0.39, 0.29) is 5.91 Å². The Morgan fingerprint density at radius 2 is 1.92 bits per heavy atom. The lowest BCUT2D eigenvalue weighted by Crippen LogP contribution is -2.37. The molecule has 0 spiro atoms. The molecule has 6 heteroatoms. The van der Waals surface area contributed by atoms with Crippen molar-refractivity contribution in [2.24, 2.45) is 5.92 Å². The first-order valence-corrected chi connectivity index (χ1v) is 9.12. The van der Waals surface area contributed by atoms with Gasteiger partial charge in [0.05, 0.1) is 5.69 Å². The van der Waals surface area contributed by atoms with Crippen LogP contribution in [0.2, 0.25) is 0 Å². The van der Waals surface area contributed by atoms with Gasteiger partial charge in [0, 0.05) is 17.8 Å². The summed E-state index contributed by atoms with van der Waals surface area (Å²) in [5, 5.41) is 7.28. The number of rotatable bonds is 6. The minimum Gasteiger partial charge on any atom is -0.448 e. The number of hydrogen-bond donors (Lipinski definition) is 1. The van der Waals surface area contributed by atoms with Crippen molar-refractivity contribution in [1.29, 1.82) is 0 Å². The first-order chi connectivity index (χ1) is 12.5. The predicted octanol–water partition coefficient (Wildman–Crippen LogP) is 2.68. The second-order valence-electron chi connectivity index (χ2n) is 7.06. The number of nitrogens with one attached hydrogen (secondary N) is 1. The molecule has 0 saturated heterocycles. The highest BCUT2D eigenvalue weighted by Crippen LogP contribution is 2.28. The zero-order chi connectivity index (χ0) is 18.7. The largest absolute Gasteiger partial charge is 0.448 e. The summed E-state index contributed by atoms with van der Waals surface area (Å²) in [6.45, 7) is 6.16. The minimum absolute atomic E-state index is 0.286. The summed E-state index contributed by atoms with van der Waals surface area (Å²) in [7, 11) is 0. The average Bonchev–Trinajstić information content (AvgIpc) is 3.22. The smallest absolute Gasteiger partial charge is 0.359 e. The fourth-order valence-corrected chi connectivity index (χ4v) is 3.10. The van der Waals surface area contributed by atoms with Crippen molar-refractivity contribution >= 4 is 11.9 Å². The van der Waals surface area contributed by atoms with E-state index < -0.39 is 12.1 Å². The van der Waals surface area contributed by atoms with Crippen molar-refractivity contribution in [2.45, 2.75) is 46.1 Å². The molecule has 0 unspecified atom stereocenters. The van der Waals surface area contributed by atoms with Gasteiger partial charge in [-0.2, -0.15) is 5.10 Å². The Balaban J connectivity index is 1.77. The lowest BCUT2D eigenvalue weighted by Gasteiger charge is -2.14. The summed E-state index contributed by atoms with van der Waals surface area (Å²) in [6, 6.07) is 9.75. The van der Waals surface area contributed by atoms with E-state index in [0.29, 0.717) is 18.2 Å². The summed E-state index contributed by atoms with van der Waals surface area (Å²) < 4.78 is 7.20. The second-order valence-corrected chi connectivity index (χ2v) is 7.06. The number of para-hydroxylation sites is 1. The van der Waals surface area contributed by atoms with Gasteiger partial charge < -0.3 is 10.1 Å². The quantitative estimate of drug-likeness (QED) is 0.809. The van der Waals surface area contributed by atoms with Crippen molar-refractivity contribution in [3.8, 4) is 5.69 Å². The molecule has 0 radical (unpaired) electrons. The Kier molecular flexibility index (Phi) is 5.40. The Hall–Kier alpha value is -2.63. The third kappa shape index (κ3) is 3.79. The molecule has 1 atom stereocenters. The van der Waals surface area contributed by atoms with E-state index in [4.69, 9.17) is 4.74 Å². The molecule has 1 amide bonds. The zero-order valence-electron chi connectivity index (χ0n) is 15.5.